The zero-order chi connectivity index (χ0) is 27.8. The van der Waals surface area contributed by atoms with Crippen molar-refractivity contribution in [3.8, 4) is 0 Å². The number of nitrogens with one attached hydrogen (secondary N) is 1. The summed E-state index contributed by atoms with van der Waals surface area (Å²) >= 11 is 5.32. The SMILES string of the molecule is Nc1nc2c(nnn2[C@@H]2OC3CC[C@H]4[C@@H](O)[C@H](n5ccc6c(N)ncnc65)O[C@@H]4COP(O)(=S)O[C@@H]2C3)c(=O)[nH]1. The minimum Gasteiger partial charge on any atom is -0.388 e. The summed E-state index contributed by atoms with van der Waals surface area (Å²) < 4.78 is 27.1. The number of fused-ring (bicyclic) bond motifs is 5. The first kappa shape index (κ1) is 25.8. The normalized spacial score (nSPS) is 34.7. The third-order valence-corrected chi connectivity index (χ3v) is 9.16. The van der Waals surface area contributed by atoms with Gasteiger partial charge in [-0.3, -0.25) is 9.78 Å². The molecule has 7 heterocycles. The average molecular weight is 593 g/mol. The van der Waals surface area contributed by atoms with Crippen LogP contribution < -0.4 is 17.0 Å². The lowest BCUT2D eigenvalue weighted by Gasteiger charge is -2.26. The summed E-state index contributed by atoms with van der Waals surface area (Å²) in [5, 5.41) is 20.0. The van der Waals surface area contributed by atoms with Gasteiger partial charge in [0.2, 0.25) is 5.95 Å². The van der Waals surface area contributed by atoms with Crippen molar-refractivity contribution in [2.45, 2.75) is 56.1 Å². The van der Waals surface area contributed by atoms with Crippen molar-refractivity contribution in [3.63, 3.8) is 0 Å². The minimum atomic E-state index is -3.81. The van der Waals surface area contributed by atoms with Gasteiger partial charge in [0.05, 0.1) is 24.2 Å². The number of hydrogen-bond donors (Lipinski definition) is 5. The van der Waals surface area contributed by atoms with E-state index in [0.29, 0.717) is 36.1 Å². The van der Waals surface area contributed by atoms with E-state index < -0.39 is 43.0 Å². The van der Waals surface area contributed by atoms with Crippen LogP contribution in [0.2, 0.25) is 0 Å². The molecule has 0 aromatic carbocycles. The Morgan fingerprint density at radius 2 is 2.00 bits per heavy atom. The second kappa shape index (κ2) is 9.49. The highest BCUT2D eigenvalue weighted by atomic mass is 32.5. The van der Waals surface area contributed by atoms with E-state index in [2.05, 4.69) is 30.2 Å². The molecule has 4 aromatic rings. The number of anilines is 2. The van der Waals surface area contributed by atoms with Crippen molar-refractivity contribution < 1.29 is 28.5 Å². The monoisotopic (exact) mass is 592 g/mol. The van der Waals surface area contributed by atoms with Crippen LogP contribution in [0.3, 0.4) is 0 Å². The van der Waals surface area contributed by atoms with Crippen LogP contribution in [-0.4, -0.2) is 80.5 Å². The number of aromatic amines is 1. The highest BCUT2D eigenvalue weighted by Crippen LogP contribution is 2.52. The van der Waals surface area contributed by atoms with E-state index in [9.17, 15) is 14.8 Å². The summed E-state index contributed by atoms with van der Waals surface area (Å²) in [7, 11) is 0. The molecule has 7 rings (SSSR count). The van der Waals surface area contributed by atoms with Crippen molar-refractivity contribution in [1.29, 1.82) is 0 Å². The molecular weight excluding hydrogens is 567 g/mol. The van der Waals surface area contributed by atoms with Gasteiger partial charge in [-0.2, -0.15) is 9.67 Å². The largest absolute Gasteiger partial charge is 0.388 e. The average Bonchev–Trinajstić information content (AvgIpc) is 3.66. The van der Waals surface area contributed by atoms with Crippen molar-refractivity contribution in [2.75, 3.05) is 18.1 Å². The molecule has 0 amide bonds. The highest BCUT2D eigenvalue weighted by molar-refractivity contribution is 8.07. The zero-order valence-corrected chi connectivity index (χ0v) is 22.4. The summed E-state index contributed by atoms with van der Waals surface area (Å²) in [5.74, 6) is -0.181. The quantitative estimate of drug-likeness (QED) is 0.188. The fourth-order valence-electron chi connectivity index (χ4n) is 5.73. The van der Waals surface area contributed by atoms with E-state index in [1.165, 1.54) is 11.0 Å². The lowest BCUT2D eigenvalue weighted by atomic mass is 9.91. The molecule has 19 heteroatoms. The Morgan fingerprint density at radius 3 is 2.85 bits per heavy atom. The molecule has 2 bridgehead atoms. The first-order valence-corrected chi connectivity index (χ1v) is 15.1. The zero-order valence-electron chi connectivity index (χ0n) is 20.7. The Labute approximate surface area is 229 Å². The predicted molar refractivity (Wildman–Crippen MR) is 141 cm³/mol. The van der Waals surface area contributed by atoms with Gasteiger partial charge < -0.3 is 44.6 Å². The highest BCUT2D eigenvalue weighted by Gasteiger charge is 2.48. The fraction of sp³-hybridized carbons (Fsp3) is 0.524. The maximum atomic E-state index is 12.2. The van der Waals surface area contributed by atoms with Gasteiger partial charge in [0, 0.05) is 18.5 Å². The molecular formula is C21H25N10O7PS. The fourth-order valence-corrected chi connectivity index (χ4v) is 7.17. The number of H-pyrrole nitrogens is 1. The molecule has 0 saturated carbocycles. The van der Waals surface area contributed by atoms with E-state index in [1.807, 2.05) is 0 Å². The standard InChI is InChI=1S/C21H25N10O7PS/c22-15-10-3-4-30(16(10)25-7-24-15)20-14(32)9-2-1-8-5-11(38-39(34,40)35-6-12(9)37-20)19(36-8)31-17-13(28-29-31)18(33)27-21(23)26-17/h3-4,7-9,11-12,14,19-20,32H,1-2,5-6H2,(H,34,40)(H2,22,24,25)(H3,23,26,27,33)/t8?,9-,11-,12-,14-,19-,20-,39?/m1/s1. The Bertz CT molecular complexity index is 1710. The number of hydrogen-bond acceptors (Lipinski definition) is 14. The Balaban J connectivity index is 1.18. The molecule has 212 valence electrons. The smallest absolute Gasteiger partial charge is 0.325 e. The van der Waals surface area contributed by atoms with Crippen LogP contribution in [0.15, 0.2) is 23.4 Å². The second-order valence-corrected chi connectivity index (χ2v) is 12.8. The van der Waals surface area contributed by atoms with Gasteiger partial charge in [-0.15, -0.1) is 5.10 Å². The maximum Gasteiger partial charge on any atom is 0.325 e. The molecule has 8 atom stereocenters. The maximum absolute atomic E-state index is 12.2. The third-order valence-electron chi connectivity index (χ3n) is 7.57. The molecule has 17 nitrogen and oxygen atoms in total. The van der Waals surface area contributed by atoms with Crippen LogP contribution in [0, 0.1) is 5.92 Å². The van der Waals surface area contributed by atoms with E-state index in [-0.39, 0.29) is 35.7 Å². The minimum absolute atomic E-state index is 0.0227. The molecule has 3 fully saturated rings. The lowest BCUT2D eigenvalue weighted by Crippen LogP contribution is -2.30. The number of nitrogens with two attached hydrogens (primary N) is 2. The summed E-state index contributed by atoms with van der Waals surface area (Å²) in [6.07, 6.45) is 0.0604. The van der Waals surface area contributed by atoms with Gasteiger partial charge in [-0.1, -0.05) is 5.21 Å². The third kappa shape index (κ3) is 4.27. The number of nitrogens with zero attached hydrogens (tertiary/aromatic N) is 7. The van der Waals surface area contributed by atoms with Crippen LogP contribution in [-0.2, 0) is 30.3 Å². The molecule has 3 saturated heterocycles. The summed E-state index contributed by atoms with van der Waals surface area (Å²) in [6.45, 7) is -3.92. The van der Waals surface area contributed by atoms with Gasteiger partial charge in [-0.05, 0) is 30.7 Å². The van der Waals surface area contributed by atoms with Gasteiger partial charge in [0.1, 0.15) is 30.0 Å². The second-order valence-electron chi connectivity index (χ2n) is 9.97. The number of aromatic nitrogens is 8. The lowest BCUT2D eigenvalue weighted by molar-refractivity contribution is -0.0583. The molecule has 7 N–H and O–H groups in total. The summed E-state index contributed by atoms with van der Waals surface area (Å²) in [4.78, 5) is 38.1. The van der Waals surface area contributed by atoms with Crippen LogP contribution in [0.1, 0.15) is 31.7 Å². The number of nitrogen functional groups attached to an aromatic ring is 2. The summed E-state index contributed by atoms with van der Waals surface area (Å²) in [5.41, 5.74) is 11.8. The topological polar surface area (TPSA) is 237 Å². The van der Waals surface area contributed by atoms with Gasteiger partial charge in [-0.25, -0.2) is 9.97 Å². The van der Waals surface area contributed by atoms with Crippen LogP contribution >= 0.6 is 6.72 Å². The molecule has 0 aliphatic carbocycles. The summed E-state index contributed by atoms with van der Waals surface area (Å²) in [6, 6.07) is 1.76. The molecule has 2 unspecified atom stereocenters. The Kier molecular flexibility index (Phi) is 6.13. The van der Waals surface area contributed by atoms with Crippen LogP contribution in [0.25, 0.3) is 22.2 Å². The van der Waals surface area contributed by atoms with Crippen LogP contribution in [0.4, 0.5) is 11.8 Å². The first-order valence-electron chi connectivity index (χ1n) is 12.5. The van der Waals surface area contributed by atoms with Crippen molar-refractivity contribution in [2.24, 2.45) is 5.92 Å². The van der Waals surface area contributed by atoms with Crippen molar-refractivity contribution in [3.05, 3.63) is 28.9 Å². The van der Waals surface area contributed by atoms with Crippen LogP contribution in [0.5, 0.6) is 0 Å². The van der Waals surface area contributed by atoms with Gasteiger partial charge in [0.25, 0.3) is 5.56 Å². The van der Waals surface area contributed by atoms with Gasteiger partial charge >= 0.3 is 6.72 Å². The van der Waals surface area contributed by atoms with Crippen molar-refractivity contribution in [1.82, 2.24) is 39.5 Å². The first-order chi connectivity index (χ1) is 19.2. The van der Waals surface area contributed by atoms with Gasteiger partial charge in [0.15, 0.2) is 23.6 Å². The van der Waals surface area contributed by atoms with E-state index in [1.54, 1.807) is 16.8 Å². The molecule has 3 aliphatic rings. The van der Waals surface area contributed by atoms with E-state index in [4.69, 9.17) is 41.8 Å². The molecule has 0 radical (unpaired) electrons. The Morgan fingerprint density at radius 1 is 1.15 bits per heavy atom. The molecule has 4 aromatic heterocycles. The number of aliphatic hydroxyl groups excluding tert-OH is 1. The number of ether oxygens (including phenoxy) is 2. The molecule has 3 aliphatic heterocycles. The van der Waals surface area contributed by atoms with Crippen molar-refractivity contribution >= 4 is 52.5 Å². The van der Waals surface area contributed by atoms with E-state index >= 15 is 0 Å². The number of aliphatic hydroxyl groups is 1. The Hall–Kier alpha value is -3.09. The molecule has 40 heavy (non-hydrogen) atoms. The van der Waals surface area contributed by atoms with E-state index in [0.717, 1.165) is 0 Å². The molecule has 0 spiro atoms. The predicted octanol–water partition coefficient (Wildman–Crippen LogP) is -0.302. The number of rotatable bonds is 2.